The van der Waals surface area contributed by atoms with Gasteiger partial charge in [0, 0.05) is 21.7 Å². The molecule has 1 amide bonds. The van der Waals surface area contributed by atoms with Crippen molar-refractivity contribution in [2.75, 3.05) is 5.32 Å². The summed E-state index contributed by atoms with van der Waals surface area (Å²) in [5.41, 5.74) is 4.73. The van der Waals surface area contributed by atoms with Crippen molar-refractivity contribution in [3.05, 3.63) is 95.0 Å². The number of rotatable bonds is 3. The predicted molar refractivity (Wildman–Crippen MR) is 111 cm³/mol. The van der Waals surface area contributed by atoms with Crippen molar-refractivity contribution in [2.24, 2.45) is 0 Å². The van der Waals surface area contributed by atoms with E-state index >= 15 is 0 Å². The number of anilines is 1. The first kappa shape index (κ1) is 17.3. The van der Waals surface area contributed by atoms with Crippen LogP contribution >= 0.6 is 11.6 Å². The Hall–Kier alpha value is -3.17. The first-order chi connectivity index (χ1) is 13.1. The number of hydrogen-bond acceptors (Lipinski definition) is 2. The molecule has 0 aliphatic rings. The summed E-state index contributed by atoms with van der Waals surface area (Å²) in [6.45, 7) is 1.93. The van der Waals surface area contributed by atoms with Crippen molar-refractivity contribution in [3.63, 3.8) is 0 Å². The lowest BCUT2D eigenvalue weighted by Gasteiger charge is -2.11. The van der Waals surface area contributed by atoms with Gasteiger partial charge in [0.05, 0.1) is 16.8 Å². The zero-order valence-electron chi connectivity index (χ0n) is 14.7. The normalized spacial score (nSPS) is 10.7. The maximum Gasteiger partial charge on any atom is 0.256 e. The Labute approximate surface area is 162 Å². The van der Waals surface area contributed by atoms with E-state index < -0.39 is 0 Å². The monoisotopic (exact) mass is 372 g/mol. The molecule has 3 nitrogen and oxygen atoms in total. The van der Waals surface area contributed by atoms with Crippen LogP contribution in [0.15, 0.2) is 78.9 Å². The van der Waals surface area contributed by atoms with Crippen molar-refractivity contribution in [3.8, 4) is 11.3 Å². The molecule has 0 saturated heterocycles. The van der Waals surface area contributed by atoms with Crippen molar-refractivity contribution in [2.45, 2.75) is 6.92 Å². The Morgan fingerprint density at radius 1 is 0.926 bits per heavy atom. The maximum absolute atomic E-state index is 13.0. The van der Waals surface area contributed by atoms with Gasteiger partial charge in [-0.05, 0) is 36.8 Å². The lowest BCUT2D eigenvalue weighted by atomic mass is 10.0. The highest BCUT2D eigenvalue weighted by Crippen LogP contribution is 2.26. The Kier molecular flexibility index (Phi) is 4.61. The molecule has 0 atom stereocenters. The van der Waals surface area contributed by atoms with Gasteiger partial charge in [0.1, 0.15) is 0 Å². The van der Waals surface area contributed by atoms with E-state index in [4.69, 9.17) is 16.6 Å². The van der Waals surface area contributed by atoms with Crippen molar-refractivity contribution in [1.29, 1.82) is 0 Å². The number of fused-ring (bicyclic) bond motifs is 1. The number of carbonyl (C=O) groups excluding carboxylic acids is 1. The molecule has 27 heavy (non-hydrogen) atoms. The predicted octanol–water partition coefficient (Wildman–Crippen LogP) is 6.12. The number of para-hydroxylation sites is 1. The molecule has 4 aromatic rings. The quantitative estimate of drug-likeness (QED) is 0.471. The third-order valence-corrected chi connectivity index (χ3v) is 4.87. The third-order valence-electron chi connectivity index (χ3n) is 4.46. The minimum atomic E-state index is -0.189. The van der Waals surface area contributed by atoms with Gasteiger partial charge >= 0.3 is 0 Å². The molecule has 1 heterocycles. The standard InChI is InChI=1S/C23H17ClN2O/c1-15-11-12-17(13-20(15)24)25-23(27)19-14-22(16-7-3-2-4-8-16)26-21-10-6-5-9-18(19)21/h2-14H,1H3,(H,25,27). The molecule has 0 bridgehead atoms. The second-order valence-electron chi connectivity index (χ2n) is 6.36. The molecule has 0 aliphatic carbocycles. The van der Waals surface area contributed by atoms with Crippen LogP contribution < -0.4 is 5.32 Å². The lowest BCUT2D eigenvalue weighted by Crippen LogP contribution is -2.13. The van der Waals surface area contributed by atoms with Crippen molar-refractivity contribution in [1.82, 2.24) is 4.98 Å². The molecule has 0 unspecified atom stereocenters. The van der Waals surface area contributed by atoms with E-state index in [1.165, 1.54) is 0 Å². The van der Waals surface area contributed by atoms with E-state index in [-0.39, 0.29) is 5.91 Å². The van der Waals surface area contributed by atoms with E-state index in [1.54, 1.807) is 6.07 Å². The minimum absolute atomic E-state index is 0.189. The molecule has 0 radical (unpaired) electrons. The summed E-state index contributed by atoms with van der Waals surface area (Å²) in [5.74, 6) is -0.189. The van der Waals surface area contributed by atoms with Gasteiger partial charge in [-0.25, -0.2) is 4.98 Å². The lowest BCUT2D eigenvalue weighted by molar-refractivity contribution is 0.102. The molecule has 0 fully saturated rings. The SMILES string of the molecule is Cc1ccc(NC(=O)c2cc(-c3ccccc3)nc3ccccc23)cc1Cl. The number of benzene rings is 3. The molecule has 1 N–H and O–H groups in total. The Morgan fingerprint density at radius 3 is 2.44 bits per heavy atom. The van der Waals surface area contributed by atoms with Gasteiger partial charge in [-0.15, -0.1) is 0 Å². The van der Waals surface area contributed by atoms with Crippen LogP contribution in [0.1, 0.15) is 15.9 Å². The molecule has 1 aromatic heterocycles. The molecule has 4 rings (SSSR count). The molecule has 3 aromatic carbocycles. The van der Waals surface area contributed by atoms with Crippen LogP contribution in [-0.2, 0) is 0 Å². The molecular weight excluding hydrogens is 356 g/mol. The molecule has 132 valence electrons. The Balaban J connectivity index is 1.79. The zero-order valence-corrected chi connectivity index (χ0v) is 15.5. The van der Waals surface area contributed by atoms with Gasteiger partial charge in [0.15, 0.2) is 0 Å². The molecule has 0 aliphatic heterocycles. The maximum atomic E-state index is 13.0. The number of nitrogens with zero attached hydrogens (tertiary/aromatic N) is 1. The van der Waals surface area contributed by atoms with E-state index in [0.29, 0.717) is 16.3 Å². The fourth-order valence-electron chi connectivity index (χ4n) is 2.99. The van der Waals surface area contributed by atoms with Crippen LogP contribution in [0, 0.1) is 6.92 Å². The summed E-state index contributed by atoms with van der Waals surface area (Å²) in [4.78, 5) is 17.7. The number of carbonyl (C=O) groups is 1. The molecule has 0 saturated carbocycles. The topological polar surface area (TPSA) is 42.0 Å². The smallest absolute Gasteiger partial charge is 0.256 e. The number of pyridine rings is 1. The number of nitrogens with one attached hydrogen (secondary N) is 1. The van der Waals surface area contributed by atoms with Crippen molar-refractivity contribution >= 4 is 34.1 Å². The van der Waals surface area contributed by atoms with E-state index in [0.717, 1.165) is 27.7 Å². The number of amides is 1. The molecule has 4 heteroatoms. The Bertz CT molecular complexity index is 1140. The van der Waals surface area contributed by atoms with Gasteiger partial charge in [-0.2, -0.15) is 0 Å². The largest absolute Gasteiger partial charge is 0.322 e. The fourth-order valence-corrected chi connectivity index (χ4v) is 3.17. The van der Waals surface area contributed by atoms with Gasteiger partial charge in [-0.1, -0.05) is 66.2 Å². The second kappa shape index (κ2) is 7.22. The Morgan fingerprint density at radius 2 is 1.67 bits per heavy atom. The molecular formula is C23H17ClN2O. The van der Waals surface area contributed by atoms with Gasteiger partial charge in [-0.3, -0.25) is 4.79 Å². The third kappa shape index (κ3) is 3.55. The second-order valence-corrected chi connectivity index (χ2v) is 6.76. The van der Waals surface area contributed by atoms with Gasteiger partial charge < -0.3 is 5.32 Å². The van der Waals surface area contributed by atoms with Crippen LogP contribution in [0.3, 0.4) is 0 Å². The summed E-state index contributed by atoms with van der Waals surface area (Å²) < 4.78 is 0. The van der Waals surface area contributed by atoms with Crippen LogP contribution in [0.5, 0.6) is 0 Å². The van der Waals surface area contributed by atoms with Crippen LogP contribution in [0.2, 0.25) is 5.02 Å². The summed E-state index contributed by atoms with van der Waals surface area (Å²) in [6.07, 6.45) is 0. The van der Waals surface area contributed by atoms with Crippen LogP contribution in [0.4, 0.5) is 5.69 Å². The van der Waals surface area contributed by atoms with Gasteiger partial charge in [0.25, 0.3) is 5.91 Å². The molecule has 0 spiro atoms. The fraction of sp³-hybridized carbons (Fsp3) is 0.0435. The highest BCUT2D eigenvalue weighted by molar-refractivity contribution is 6.31. The zero-order chi connectivity index (χ0) is 18.8. The average Bonchev–Trinajstić information content (AvgIpc) is 2.70. The summed E-state index contributed by atoms with van der Waals surface area (Å²) in [6, 6.07) is 24.8. The van der Waals surface area contributed by atoms with Crippen molar-refractivity contribution < 1.29 is 4.79 Å². The van der Waals surface area contributed by atoms with E-state index in [9.17, 15) is 4.79 Å². The number of hydrogen-bond donors (Lipinski definition) is 1. The summed E-state index contributed by atoms with van der Waals surface area (Å²) in [7, 11) is 0. The first-order valence-electron chi connectivity index (χ1n) is 8.64. The number of halogens is 1. The minimum Gasteiger partial charge on any atom is -0.322 e. The summed E-state index contributed by atoms with van der Waals surface area (Å²) >= 11 is 6.18. The van der Waals surface area contributed by atoms with Gasteiger partial charge in [0.2, 0.25) is 0 Å². The van der Waals surface area contributed by atoms with Crippen LogP contribution in [-0.4, -0.2) is 10.9 Å². The number of aryl methyl sites for hydroxylation is 1. The number of aromatic nitrogens is 1. The van der Waals surface area contributed by atoms with E-state index in [1.807, 2.05) is 79.7 Å². The average molecular weight is 373 g/mol. The van der Waals surface area contributed by atoms with Crippen LogP contribution in [0.25, 0.3) is 22.2 Å². The summed E-state index contributed by atoms with van der Waals surface area (Å²) in [5, 5.41) is 4.38. The highest BCUT2D eigenvalue weighted by Gasteiger charge is 2.14. The first-order valence-corrected chi connectivity index (χ1v) is 9.02. The van der Waals surface area contributed by atoms with E-state index in [2.05, 4.69) is 5.32 Å². The highest BCUT2D eigenvalue weighted by atomic mass is 35.5.